The van der Waals surface area contributed by atoms with E-state index in [1.165, 1.54) is 12.3 Å². The van der Waals surface area contributed by atoms with Crippen molar-refractivity contribution in [3.05, 3.63) is 48.2 Å². The average molecular weight is 257 g/mol. The van der Waals surface area contributed by atoms with Crippen molar-refractivity contribution < 1.29 is 9.90 Å². The number of nitrogens with zero attached hydrogens (tertiary/aromatic N) is 1. The van der Waals surface area contributed by atoms with Gasteiger partial charge in [-0.25, -0.2) is 4.98 Å². The Morgan fingerprint density at radius 1 is 1.26 bits per heavy atom. The molecule has 98 valence electrons. The molecule has 0 radical (unpaired) electrons. The summed E-state index contributed by atoms with van der Waals surface area (Å²) in [5, 5.41) is 12.1. The second kappa shape index (κ2) is 5.86. The molecule has 0 aliphatic rings. The zero-order valence-corrected chi connectivity index (χ0v) is 10.3. The first-order valence-electron chi connectivity index (χ1n) is 5.94. The van der Waals surface area contributed by atoms with Gasteiger partial charge in [-0.3, -0.25) is 4.79 Å². The molecule has 0 unspecified atom stereocenters. The van der Waals surface area contributed by atoms with Crippen molar-refractivity contribution in [2.24, 2.45) is 0 Å². The largest absolute Gasteiger partial charge is 0.504 e. The van der Waals surface area contributed by atoms with Crippen molar-refractivity contribution in [1.29, 1.82) is 0 Å². The molecule has 0 spiro atoms. The van der Waals surface area contributed by atoms with Gasteiger partial charge in [0.25, 0.3) is 0 Å². The number of aryl methyl sites for hydroxylation is 1. The summed E-state index contributed by atoms with van der Waals surface area (Å²) in [6, 6.07) is 10.5. The summed E-state index contributed by atoms with van der Waals surface area (Å²) in [6.45, 7) is 0. The number of hydrogen-bond acceptors (Lipinski definition) is 4. The fourth-order valence-corrected chi connectivity index (χ4v) is 1.70. The van der Waals surface area contributed by atoms with Gasteiger partial charge >= 0.3 is 0 Å². The molecule has 1 aromatic heterocycles. The van der Waals surface area contributed by atoms with Crippen LogP contribution < -0.4 is 11.1 Å². The molecule has 0 saturated heterocycles. The van der Waals surface area contributed by atoms with Crippen LogP contribution in [0.25, 0.3) is 0 Å². The molecule has 5 heteroatoms. The number of carbonyl (C=O) groups excluding carboxylic acids is 1. The van der Waals surface area contributed by atoms with Gasteiger partial charge in [0, 0.05) is 18.3 Å². The number of aromatic hydroxyl groups is 1. The molecule has 0 aliphatic heterocycles. The fourth-order valence-electron chi connectivity index (χ4n) is 1.70. The van der Waals surface area contributed by atoms with Crippen molar-refractivity contribution in [3.8, 4) is 5.75 Å². The summed E-state index contributed by atoms with van der Waals surface area (Å²) >= 11 is 0. The SMILES string of the molecule is Nc1ccccc1CCC(=O)Nc1ncccc1O. The Labute approximate surface area is 111 Å². The third-order valence-electron chi connectivity index (χ3n) is 2.72. The third kappa shape index (κ3) is 3.45. The standard InChI is InChI=1S/C14H15N3O2/c15-11-5-2-1-4-10(11)7-8-13(19)17-14-12(18)6-3-9-16-14/h1-6,9,18H,7-8,15H2,(H,16,17,19). The highest BCUT2D eigenvalue weighted by Gasteiger charge is 2.08. The maximum absolute atomic E-state index is 11.7. The van der Waals surface area contributed by atoms with E-state index in [9.17, 15) is 9.90 Å². The van der Waals surface area contributed by atoms with Gasteiger partial charge in [0.1, 0.15) is 0 Å². The van der Waals surface area contributed by atoms with E-state index in [1.807, 2.05) is 18.2 Å². The van der Waals surface area contributed by atoms with E-state index in [1.54, 1.807) is 12.1 Å². The van der Waals surface area contributed by atoms with Crippen LogP contribution in [0, 0.1) is 0 Å². The molecule has 4 N–H and O–H groups in total. The van der Waals surface area contributed by atoms with Gasteiger partial charge in [0.2, 0.25) is 5.91 Å². The van der Waals surface area contributed by atoms with Crippen LogP contribution in [0.3, 0.4) is 0 Å². The number of rotatable bonds is 4. The molecule has 0 aliphatic carbocycles. The highest BCUT2D eigenvalue weighted by molar-refractivity contribution is 5.91. The van der Waals surface area contributed by atoms with Gasteiger partial charge in [0.15, 0.2) is 11.6 Å². The van der Waals surface area contributed by atoms with E-state index in [2.05, 4.69) is 10.3 Å². The molecule has 19 heavy (non-hydrogen) atoms. The monoisotopic (exact) mass is 257 g/mol. The van der Waals surface area contributed by atoms with Crippen molar-refractivity contribution in [2.75, 3.05) is 11.1 Å². The minimum Gasteiger partial charge on any atom is -0.504 e. The van der Waals surface area contributed by atoms with Crippen LogP contribution >= 0.6 is 0 Å². The highest BCUT2D eigenvalue weighted by Crippen LogP contribution is 2.19. The summed E-state index contributed by atoms with van der Waals surface area (Å²) in [5.41, 5.74) is 7.41. The molecule has 0 fully saturated rings. The molecule has 1 amide bonds. The molecular weight excluding hydrogens is 242 g/mol. The number of nitrogens with two attached hydrogens (primary N) is 1. The zero-order chi connectivity index (χ0) is 13.7. The Bertz CT molecular complexity index is 584. The second-order valence-corrected chi connectivity index (χ2v) is 4.12. The smallest absolute Gasteiger partial charge is 0.225 e. The number of pyridine rings is 1. The first kappa shape index (κ1) is 12.9. The fraction of sp³-hybridized carbons (Fsp3) is 0.143. The lowest BCUT2D eigenvalue weighted by Gasteiger charge is -2.07. The van der Waals surface area contributed by atoms with E-state index in [0.717, 1.165) is 5.56 Å². The molecule has 0 bridgehead atoms. The Morgan fingerprint density at radius 3 is 2.79 bits per heavy atom. The number of hydrogen-bond donors (Lipinski definition) is 3. The normalized spacial score (nSPS) is 10.1. The molecular formula is C14H15N3O2. The van der Waals surface area contributed by atoms with Gasteiger partial charge in [-0.15, -0.1) is 0 Å². The number of nitrogens with one attached hydrogen (secondary N) is 1. The van der Waals surface area contributed by atoms with Crippen LogP contribution in [0.2, 0.25) is 0 Å². The summed E-state index contributed by atoms with van der Waals surface area (Å²) in [7, 11) is 0. The predicted octanol–water partition coefficient (Wildman–Crippen LogP) is 1.94. The number of aromatic nitrogens is 1. The van der Waals surface area contributed by atoms with Gasteiger partial charge in [-0.2, -0.15) is 0 Å². The first-order chi connectivity index (χ1) is 9.16. The minimum atomic E-state index is -0.211. The Balaban J connectivity index is 1.92. The molecule has 1 aromatic carbocycles. The van der Waals surface area contributed by atoms with Gasteiger partial charge in [0.05, 0.1) is 0 Å². The van der Waals surface area contributed by atoms with E-state index in [4.69, 9.17) is 5.73 Å². The van der Waals surface area contributed by atoms with Crippen LogP contribution in [0.4, 0.5) is 11.5 Å². The lowest BCUT2D eigenvalue weighted by molar-refractivity contribution is -0.116. The van der Waals surface area contributed by atoms with Crippen molar-refractivity contribution in [1.82, 2.24) is 4.98 Å². The number of carbonyl (C=O) groups is 1. The second-order valence-electron chi connectivity index (χ2n) is 4.12. The van der Waals surface area contributed by atoms with E-state index in [0.29, 0.717) is 12.1 Å². The topological polar surface area (TPSA) is 88.2 Å². The van der Waals surface area contributed by atoms with Crippen molar-refractivity contribution in [3.63, 3.8) is 0 Å². The lowest BCUT2D eigenvalue weighted by atomic mass is 10.1. The summed E-state index contributed by atoms with van der Waals surface area (Å²) in [6.07, 6.45) is 2.33. The van der Waals surface area contributed by atoms with Crippen LogP contribution in [0.15, 0.2) is 42.6 Å². The van der Waals surface area contributed by atoms with Crippen LogP contribution in [-0.2, 0) is 11.2 Å². The average Bonchev–Trinajstić information content (AvgIpc) is 2.40. The molecule has 2 aromatic rings. The van der Waals surface area contributed by atoms with Crippen LogP contribution in [0.1, 0.15) is 12.0 Å². The predicted molar refractivity (Wildman–Crippen MR) is 73.7 cm³/mol. The number of nitrogen functional groups attached to an aromatic ring is 1. The maximum atomic E-state index is 11.7. The quantitative estimate of drug-likeness (QED) is 0.730. The zero-order valence-electron chi connectivity index (χ0n) is 10.3. The van der Waals surface area contributed by atoms with Crippen molar-refractivity contribution >= 4 is 17.4 Å². The molecule has 1 heterocycles. The van der Waals surface area contributed by atoms with Crippen LogP contribution in [0.5, 0.6) is 5.75 Å². The van der Waals surface area contributed by atoms with E-state index in [-0.39, 0.29) is 23.9 Å². The highest BCUT2D eigenvalue weighted by atomic mass is 16.3. The number of anilines is 2. The number of para-hydroxylation sites is 1. The summed E-state index contributed by atoms with van der Waals surface area (Å²) < 4.78 is 0. The molecule has 5 nitrogen and oxygen atoms in total. The minimum absolute atomic E-state index is 0.0462. The molecule has 2 rings (SSSR count). The number of benzene rings is 1. The van der Waals surface area contributed by atoms with Crippen LogP contribution in [-0.4, -0.2) is 16.0 Å². The van der Waals surface area contributed by atoms with E-state index >= 15 is 0 Å². The maximum Gasteiger partial charge on any atom is 0.225 e. The Kier molecular flexibility index (Phi) is 3.97. The molecule has 0 atom stereocenters. The Morgan fingerprint density at radius 2 is 2.05 bits per heavy atom. The van der Waals surface area contributed by atoms with Crippen molar-refractivity contribution in [2.45, 2.75) is 12.8 Å². The van der Waals surface area contributed by atoms with E-state index < -0.39 is 0 Å². The summed E-state index contributed by atoms with van der Waals surface area (Å²) in [4.78, 5) is 15.6. The Hall–Kier alpha value is -2.56. The van der Waals surface area contributed by atoms with Gasteiger partial charge in [-0.05, 0) is 30.2 Å². The summed E-state index contributed by atoms with van der Waals surface area (Å²) in [5.74, 6) is -0.0825. The first-order valence-corrected chi connectivity index (χ1v) is 5.94. The number of amides is 1. The van der Waals surface area contributed by atoms with Gasteiger partial charge in [-0.1, -0.05) is 18.2 Å². The van der Waals surface area contributed by atoms with Gasteiger partial charge < -0.3 is 16.2 Å². The molecule has 0 saturated carbocycles. The third-order valence-corrected chi connectivity index (χ3v) is 2.72. The lowest BCUT2D eigenvalue weighted by Crippen LogP contribution is -2.13.